The molecule has 0 radical (unpaired) electrons. The first-order valence-electron chi connectivity index (χ1n) is 4.34. The van der Waals surface area contributed by atoms with Gasteiger partial charge in [0.1, 0.15) is 0 Å². The molecule has 1 saturated carbocycles. The maximum Gasteiger partial charge on any atom is 0.0195 e. The number of hydrogen-bond donors (Lipinski definition) is 1. The van der Waals surface area contributed by atoms with Gasteiger partial charge in [0.2, 0.25) is 0 Å². The highest BCUT2D eigenvalue weighted by atomic mass is 15.3. The monoisotopic (exact) mass is 140 g/mol. The van der Waals surface area contributed by atoms with Crippen LogP contribution in [0.3, 0.4) is 0 Å². The molecule has 0 unspecified atom stereocenters. The third kappa shape index (κ3) is 1.18. The minimum Gasteiger partial charge on any atom is -0.314 e. The molecule has 2 nitrogen and oxygen atoms in total. The van der Waals surface area contributed by atoms with Gasteiger partial charge in [-0.3, -0.25) is 4.90 Å². The SMILES string of the molecule is C[C@@H]1CNCCN1C1CC1. The summed E-state index contributed by atoms with van der Waals surface area (Å²) in [5.41, 5.74) is 0. The zero-order valence-corrected chi connectivity index (χ0v) is 6.64. The van der Waals surface area contributed by atoms with Gasteiger partial charge in [-0.05, 0) is 19.8 Å². The second-order valence-electron chi connectivity index (χ2n) is 3.52. The van der Waals surface area contributed by atoms with Gasteiger partial charge in [-0.15, -0.1) is 0 Å². The van der Waals surface area contributed by atoms with Crippen LogP contribution >= 0.6 is 0 Å². The molecule has 0 aromatic rings. The molecule has 2 fully saturated rings. The number of rotatable bonds is 1. The smallest absolute Gasteiger partial charge is 0.0195 e. The van der Waals surface area contributed by atoms with Gasteiger partial charge < -0.3 is 5.32 Å². The molecule has 10 heavy (non-hydrogen) atoms. The molecule has 1 atom stereocenters. The molecule has 0 aromatic carbocycles. The molecule has 1 heterocycles. The topological polar surface area (TPSA) is 15.3 Å². The fourth-order valence-electron chi connectivity index (χ4n) is 1.81. The number of hydrogen-bond acceptors (Lipinski definition) is 2. The van der Waals surface area contributed by atoms with Crippen molar-refractivity contribution in [3.05, 3.63) is 0 Å². The van der Waals surface area contributed by atoms with Gasteiger partial charge in [-0.2, -0.15) is 0 Å². The van der Waals surface area contributed by atoms with Crippen LogP contribution in [-0.2, 0) is 0 Å². The first-order valence-corrected chi connectivity index (χ1v) is 4.34. The third-order valence-corrected chi connectivity index (χ3v) is 2.57. The number of piperazine rings is 1. The lowest BCUT2D eigenvalue weighted by molar-refractivity contribution is 0.164. The third-order valence-electron chi connectivity index (χ3n) is 2.57. The van der Waals surface area contributed by atoms with Gasteiger partial charge in [0.15, 0.2) is 0 Å². The molecule has 0 amide bonds. The molecular formula is C8H16N2. The van der Waals surface area contributed by atoms with Crippen molar-refractivity contribution in [2.75, 3.05) is 19.6 Å². The lowest BCUT2D eigenvalue weighted by Crippen LogP contribution is -2.50. The second-order valence-corrected chi connectivity index (χ2v) is 3.52. The van der Waals surface area contributed by atoms with Crippen LogP contribution in [0.5, 0.6) is 0 Å². The van der Waals surface area contributed by atoms with Crippen LogP contribution in [-0.4, -0.2) is 36.6 Å². The second kappa shape index (κ2) is 2.51. The summed E-state index contributed by atoms with van der Waals surface area (Å²) in [7, 11) is 0. The van der Waals surface area contributed by atoms with Crippen LogP contribution in [0, 0.1) is 0 Å². The van der Waals surface area contributed by atoms with E-state index in [2.05, 4.69) is 17.1 Å². The van der Waals surface area contributed by atoms with E-state index in [1.807, 2.05) is 0 Å². The zero-order chi connectivity index (χ0) is 6.97. The summed E-state index contributed by atoms with van der Waals surface area (Å²) in [5, 5.41) is 3.41. The van der Waals surface area contributed by atoms with E-state index >= 15 is 0 Å². The Morgan fingerprint density at radius 2 is 2.20 bits per heavy atom. The largest absolute Gasteiger partial charge is 0.314 e. The highest BCUT2D eigenvalue weighted by Gasteiger charge is 2.32. The predicted molar refractivity (Wildman–Crippen MR) is 42.1 cm³/mol. The van der Waals surface area contributed by atoms with Crippen molar-refractivity contribution >= 4 is 0 Å². The van der Waals surface area contributed by atoms with E-state index in [9.17, 15) is 0 Å². The van der Waals surface area contributed by atoms with Crippen molar-refractivity contribution in [1.82, 2.24) is 10.2 Å². The summed E-state index contributed by atoms with van der Waals surface area (Å²) in [6.45, 7) is 5.98. The van der Waals surface area contributed by atoms with E-state index in [1.165, 1.54) is 32.5 Å². The molecule has 1 aliphatic heterocycles. The number of nitrogens with zero attached hydrogens (tertiary/aromatic N) is 1. The fourth-order valence-corrected chi connectivity index (χ4v) is 1.81. The molecule has 1 aliphatic carbocycles. The van der Waals surface area contributed by atoms with Gasteiger partial charge in [-0.25, -0.2) is 0 Å². The Labute approximate surface area is 62.6 Å². The minimum atomic E-state index is 0.779. The Morgan fingerprint density at radius 3 is 2.80 bits per heavy atom. The maximum atomic E-state index is 3.41. The Bertz CT molecular complexity index is 120. The molecule has 2 rings (SSSR count). The summed E-state index contributed by atoms with van der Waals surface area (Å²) >= 11 is 0. The summed E-state index contributed by atoms with van der Waals surface area (Å²) < 4.78 is 0. The Balaban J connectivity index is 1.90. The standard InChI is InChI=1S/C8H16N2/c1-7-6-9-4-5-10(7)8-2-3-8/h7-9H,2-6H2,1H3/t7-/m1/s1. The van der Waals surface area contributed by atoms with Gasteiger partial charge in [0, 0.05) is 31.7 Å². The normalized spacial score (nSPS) is 36.3. The Hall–Kier alpha value is -0.0800. The van der Waals surface area contributed by atoms with Crippen molar-refractivity contribution in [1.29, 1.82) is 0 Å². The van der Waals surface area contributed by atoms with Gasteiger partial charge in [0.25, 0.3) is 0 Å². The zero-order valence-electron chi connectivity index (χ0n) is 6.64. The maximum absolute atomic E-state index is 3.41. The lowest BCUT2D eigenvalue weighted by atomic mass is 10.2. The first-order chi connectivity index (χ1) is 4.88. The van der Waals surface area contributed by atoms with E-state index < -0.39 is 0 Å². The van der Waals surface area contributed by atoms with Crippen LogP contribution in [0.25, 0.3) is 0 Å². The van der Waals surface area contributed by atoms with E-state index in [-0.39, 0.29) is 0 Å². The molecule has 0 bridgehead atoms. The first kappa shape index (κ1) is 6.62. The van der Waals surface area contributed by atoms with Gasteiger partial charge in [-0.1, -0.05) is 0 Å². The molecule has 1 saturated heterocycles. The van der Waals surface area contributed by atoms with Crippen LogP contribution in [0.1, 0.15) is 19.8 Å². The van der Waals surface area contributed by atoms with Crippen LogP contribution < -0.4 is 5.32 Å². The van der Waals surface area contributed by atoms with Crippen LogP contribution in [0.15, 0.2) is 0 Å². The van der Waals surface area contributed by atoms with Crippen LogP contribution in [0.4, 0.5) is 0 Å². The van der Waals surface area contributed by atoms with E-state index in [0.29, 0.717) is 0 Å². The Morgan fingerprint density at radius 1 is 1.40 bits per heavy atom. The highest BCUT2D eigenvalue weighted by Crippen LogP contribution is 2.28. The average Bonchev–Trinajstić information content (AvgIpc) is 2.71. The molecule has 1 N–H and O–H groups in total. The van der Waals surface area contributed by atoms with E-state index in [4.69, 9.17) is 0 Å². The van der Waals surface area contributed by atoms with Crippen molar-refractivity contribution in [3.63, 3.8) is 0 Å². The lowest BCUT2D eigenvalue weighted by Gasteiger charge is -2.33. The summed E-state index contributed by atoms with van der Waals surface area (Å²) in [6, 6.07) is 1.73. The summed E-state index contributed by atoms with van der Waals surface area (Å²) in [4.78, 5) is 2.65. The molecular weight excluding hydrogens is 124 g/mol. The van der Waals surface area contributed by atoms with Crippen molar-refractivity contribution in [2.24, 2.45) is 0 Å². The van der Waals surface area contributed by atoms with E-state index in [0.717, 1.165) is 12.1 Å². The average molecular weight is 140 g/mol. The Kier molecular flexibility index (Phi) is 1.66. The molecule has 0 aromatic heterocycles. The number of nitrogens with one attached hydrogen (secondary N) is 1. The van der Waals surface area contributed by atoms with Gasteiger partial charge >= 0.3 is 0 Å². The van der Waals surface area contributed by atoms with Crippen LogP contribution in [0.2, 0.25) is 0 Å². The van der Waals surface area contributed by atoms with E-state index in [1.54, 1.807) is 0 Å². The van der Waals surface area contributed by atoms with Crippen molar-refractivity contribution in [3.8, 4) is 0 Å². The quantitative estimate of drug-likeness (QED) is 0.568. The fraction of sp³-hybridized carbons (Fsp3) is 1.00. The highest BCUT2D eigenvalue weighted by molar-refractivity contribution is 4.90. The van der Waals surface area contributed by atoms with Crippen molar-refractivity contribution < 1.29 is 0 Å². The summed E-state index contributed by atoms with van der Waals surface area (Å²) in [6.07, 6.45) is 2.90. The minimum absolute atomic E-state index is 0.779. The predicted octanol–water partition coefficient (Wildman–Crippen LogP) is 0.442. The summed E-state index contributed by atoms with van der Waals surface area (Å²) in [5.74, 6) is 0. The molecule has 2 aliphatic rings. The van der Waals surface area contributed by atoms with Crippen molar-refractivity contribution in [2.45, 2.75) is 31.8 Å². The molecule has 0 spiro atoms. The molecule has 58 valence electrons. The molecule has 2 heteroatoms. The van der Waals surface area contributed by atoms with Gasteiger partial charge in [0.05, 0.1) is 0 Å².